The molecule has 0 amide bonds. The lowest BCUT2D eigenvalue weighted by Gasteiger charge is -2.03. The molecule has 0 spiro atoms. The van der Waals surface area contributed by atoms with Gasteiger partial charge >= 0.3 is 0 Å². The monoisotopic (exact) mass is 236 g/mol. The van der Waals surface area contributed by atoms with E-state index in [2.05, 4.69) is 20.5 Å². The topological polar surface area (TPSA) is 81.7 Å². The third kappa shape index (κ3) is 2.50. The normalized spacial score (nSPS) is 10.4. The van der Waals surface area contributed by atoms with Crippen molar-refractivity contribution >= 4 is 17.4 Å². The van der Waals surface area contributed by atoms with Gasteiger partial charge in [-0.2, -0.15) is 5.10 Å². The minimum absolute atomic E-state index is 0.738. The van der Waals surface area contributed by atoms with E-state index in [0.717, 1.165) is 22.3 Å². The summed E-state index contributed by atoms with van der Waals surface area (Å²) in [5, 5.41) is 4.86. The van der Waals surface area contributed by atoms with E-state index >= 15 is 0 Å². The zero-order chi connectivity index (χ0) is 11.4. The van der Waals surface area contributed by atoms with Crippen molar-refractivity contribution in [3.05, 3.63) is 30.4 Å². The fourth-order valence-corrected chi connectivity index (χ4v) is 1.99. The Balaban J connectivity index is 2.02. The van der Waals surface area contributed by atoms with Crippen molar-refractivity contribution in [1.29, 1.82) is 0 Å². The number of hydrogen-bond acceptors (Lipinski definition) is 6. The predicted octanol–water partition coefficient (Wildman–Crippen LogP) is 0.788. The van der Waals surface area contributed by atoms with Gasteiger partial charge in [-0.3, -0.25) is 10.8 Å². The molecule has 2 aromatic heterocycles. The molecule has 0 atom stereocenters. The van der Waals surface area contributed by atoms with E-state index in [0.29, 0.717) is 0 Å². The van der Waals surface area contributed by atoms with E-state index in [9.17, 15) is 0 Å². The number of aryl methyl sites for hydroxylation is 1. The molecule has 0 unspecified atom stereocenters. The molecule has 0 saturated carbocycles. The number of aromatic nitrogens is 4. The van der Waals surface area contributed by atoms with Crippen LogP contribution < -0.4 is 11.3 Å². The summed E-state index contributed by atoms with van der Waals surface area (Å²) in [6, 6.07) is 3.72. The number of nitrogens with zero attached hydrogens (tertiary/aromatic N) is 4. The molecule has 0 aliphatic heterocycles. The average molecular weight is 236 g/mol. The first-order valence-electron chi connectivity index (χ1n) is 4.68. The van der Waals surface area contributed by atoms with E-state index < -0.39 is 0 Å². The molecule has 7 heteroatoms. The third-order valence-corrected chi connectivity index (χ3v) is 3.07. The molecule has 0 aromatic carbocycles. The standard InChI is InChI=1S/C9H12N6S/c1-15-9(12-6-13-15)16-5-8-4-7(14-10)2-3-11-8/h2-4,6H,5,10H2,1H3,(H,11,14). The fraction of sp³-hybridized carbons (Fsp3) is 0.222. The van der Waals surface area contributed by atoms with Crippen LogP contribution in [0.15, 0.2) is 29.8 Å². The number of hydrazine groups is 1. The SMILES string of the molecule is Cn1ncnc1SCc1cc(NN)ccn1. The summed E-state index contributed by atoms with van der Waals surface area (Å²) in [5.74, 6) is 6.06. The molecule has 0 aliphatic rings. The Morgan fingerprint density at radius 3 is 3.06 bits per heavy atom. The van der Waals surface area contributed by atoms with Gasteiger partial charge in [0.15, 0.2) is 5.16 Å². The Hall–Kier alpha value is -1.60. The highest BCUT2D eigenvalue weighted by Crippen LogP contribution is 2.19. The van der Waals surface area contributed by atoms with Crippen LogP contribution in [0.2, 0.25) is 0 Å². The summed E-state index contributed by atoms with van der Waals surface area (Å²) < 4.78 is 1.73. The van der Waals surface area contributed by atoms with Crippen LogP contribution in [0.3, 0.4) is 0 Å². The first-order chi connectivity index (χ1) is 7.79. The van der Waals surface area contributed by atoms with Gasteiger partial charge in [-0.05, 0) is 12.1 Å². The second-order valence-electron chi connectivity index (χ2n) is 3.14. The molecule has 2 rings (SSSR count). The van der Waals surface area contributed by atoms with E-state index in [1.54, 1.807) is 22.6 Å². The van der Waals surface area contributed by atoms with Crippen LogP contribution in [-0.2, 0) is 12.8 Å². The zero-order valence-electron chi connectivity index (χ0n) is 8.79. The number of pyridine rings is 1. The Kier molecular flexibility index (Phi) is 3.37. The maximum atomic E-state index is 5.32. The molecule has 0 fully saturated rings. The van der Waals surface area contributed by atoms with E-state index in [4.69, 9.17) is 5.84 Å². The predicted molar refractivity (Wildman–Crippen MR) is 62.6 cm³/mol. The Morgan fingerprint density at radius 2 is 2.38 bits per heavy atom. The van der Waals surface area contributed by atoms with Crippen molar-refractivity contribution in [1.82, 2.24) is 19.7 Å². The number of nitrogen functional groups attached to an aromatic ring is 1. The van der Waals surface area contributed by atoms with Crippen molar-refractivity contribution < 1.29 is 0 Å². The largest absolute Gasteiger partial charge is 0.324 e. The van der Waals surface area contributed by atoms with Crippen molar-refractivity contribution in [3.8, 4) is 0 Å². The van der Waals surface area contributed by atoms with Crippen LogP contribution in [0.4, 0.5) is 5.69 Å². The highest BCUT2D eigenvalue weighted by atomic mass is 32.2. The van der Waals surface area contributed by atoms with Gasteiger partial charge in [-0.1, -0.05) is 11.8 Å². The van der Waals surface area contributed by atoms with Gasteiger partial charge in [0.1, 0.15) is 6.33 Å². The van der Waals surface area contributed by atoms with Crippen molar-refractivity contribution in [2.75, 3.05) is 5.43 Å². The van der Waals surface area contributed by atoms with Crippen LogP contribution in [0, 0.1) is 0 Å². The molecule has 2 aromatic rings. The molecule has 16 heavy (non-hydrogen) atoms. The van der Waals surface area contributed by atoms with Crippen LogP contribution >= 0.6 is 11.8 Å². The minimum Gasteiger partial charge on any atom is -0.324 e. The van der Waals surface area contributed by atoms with Gasteiger partial charge < -0.3 is 5.43 Å². The highest BCUT2D eigenvalue weighted by Gasteiger charge is 2.03. The molecule has 3 N–H and O–H groups in total. The van der Waals surface area contributed by atoms with Crippen LogP contribution in [0.1, 0.15) is 5.69 Å². The van der Waals surface area contributed by atoms with Crippen LogP contribution in [0.25, 0.3) is 0 Å². The maximum Gasteiger partial charge on any atom is 0.186 e. The van der Waals surface area contributed by atoms with E-state index in [1.165, 1.54) is 6.33 Å². The second kappa shape index (κ2) is 4.95. The molecule has 84 valence electrons. The summed E-state index contributed by atoms with van der Waals surface area (Å²) in [4.78, 5) is 8.36. The number of nitrogens with two attached hydrogens (primary N) is 1. The third-order valence-electron chi connectivity index (χ3n) is 2.00. The van der Waals surface area contributed by atoms with E-state index in [1.807, 2.05) is 19.2 Å². The van der Waals surface area contributed by atoms with Crippen LogP contribution in [0.5, 0.6) is 0 Å². The Bertz CT molecular complexity index is 469. The maximum absolute atomic E-state index is 5.32. The lowest BCUT2D eigenvalue weighted by atomic mass is 10.3. The number of nitrogens with one attached hydrogen (secondary N) is 1. The first-order valence-corrected chi connectivity index (χ1v) is 5.66. The number of anilines is 1. The van der Waals surface area contributed by atoms with Crippen molar-refractivity contribution in [3.63, 3.8) is 0 Å². The summed E-state index contributed by atoms with van der Waals surface area (Å²) in [7, 11) is 1.86. The molecule has 2 heterocycles. The van der Waals surface area contributed by atoms with Gasteiger partial charge in [-0.15, -0.1) is 0 Å². The summed E-state index contributed by atoms with van der Waals surface area (Å²) in [5.41, 5.74) is 4.39. The summed E-state index contributed by atoms with van der Waals surface area (Å²) in [6.45, 7) is 0. The lowest BCUT2D eigenvalue weighted by molar-refractivity contribution is 0.685. The zero-order valence-corrected chi connectivity index (χ0v) is 9.61. The average Bonchev–Trinajstić information content (AvgIpc) is 2.72. The molecule has 0 bridgehead atoms. The molecule has 6 nitrogen and oxygen atoms in total. The molecular weight excluding hydrogens is 224 g/mol. The van der Waals surface area contributed by atoms with Crippen molar-refractivity contribution in [2.45, 2.75) is 10.9 Å². The van der Waals surface area contributed by atoms with Gasteiger partial charge in [0.2, 0.25) is 0 Å². The van der Waals surface area contributed by atoms with Gasteiger partial charge in [-0.25, -0.2) is 9.67 Å². The van der Waals surface area contributed by atoms with Gasteiger partial charge in [0, 0.05) is 19.0 Å². The molecule has 0 radical (unpaired) electrons. The molecule has 0 aliphatic carbocycles. The minimum atomic E-state index is 0.738. The summed E-state index contributed by atoms with van der Waals surface area (Å²) >= 11 is 1.58. The molecular formula is C9H12N6S. The van der Waals surface area contributed by atoms with Crippen LogP contribution in [-0.4, -0.2) is 19.7 Å². The van der Waals surface area contributed by atoms with Gasteiger partial charge in [0.05, 0.1) is 11.4 Å². The first kappa shape index (κ1) is 10.9. The number of rotatable bonds is 4. The summed E-state index contributed by atoms with van der Waals surface area (Å²) in [6.07, 6.45) is 3.26. The second-order valence-corrected chi connectivity index (χ2v) is 4.08. The Morgan fingerprint density at radius 1 is 1.50 bits per heavy atom. The highest BCUT2D eigenvalue weighted by molar-refractivity contribution is 7.98. The quantitative estimate of drug-likeness (QED) is 0.464. The molecule has 0 saturated heterocycles. The van der Waals surface area contributed by atoms with Gasteiger partial charge in [0.25, 0.3) is 0 Å². The fourth-order valence-electron chi connectivity index (χ4n) is 1.20. The number of hydrogen-bond donors (Lipinski definition) is 2. The Labute approximate surface area is 97.2 Å². The smallest absolute Gasteiger partial charge is 0.186 e. The number of thioether (sulfide) groups is 1. The van der Waals surface area contributed by atoms with E-state index in [-0.39, 0.29) is 0 Å². The van der Waals surface area contributed by atoms with Crippen molar-refractivity contribution in [2.24, 2.45) is 12.9 Å². The lowest BCUT2D eigenvalue weighted by Crippen LogP contribution is -2.07.